The average molecular weight is 337 g/mol. The molecule has 1 heterocycles. The van der Waals surface area contributed by atoms with Gasteiger partial charge in [-0.1, -0.05) is 0 Å². The second-order valence-electron chi connectivity index (χ2n) is 6.95. The van der Waals surface area contributed by atoms with Crippen LogP contribution in [-0.2, 0) is 6.42 Å². The molecule has 0 aromatic carbocycles. The molecule has 6 heteroatoms. The predicted octanol–water partition coefficient (Wildman–Crippen LogP) is 2.48. The molecule has 2 saturated carbocycles. The van der Waals surface area contributed by atoms with Crippen LogP contribution in [0.15, 0.2) is 5.38 Å². The third kappa shape index (κ3) is 4.04. The molecule has 5 nitrogen and oxygen atoms in total. The van der Waals surface area contributed by atoms with Crippen molar-refractivity contribution in [2.75, 3.05) is 13.2 Å². The number of urea groups is 1. The van der Waals surface area contributed by atoms with Crippen molar-refractivity contribution in [3.63, 3.8) is 0 Å². The van der Waals surface area contributed by atoms with E-state index in [2.05, 4.69) is 21.0 Å². The van der Waals surface area contributed by atoms with Crippen LogP contribution in [0.1, 0.15) is 42.8 Å². The zero-order valence-corrected chi connectivity index (χ0v) is 14.6. The summed E-state index contributed by atoms with van der Waals surface area (Å²) in [5.74, 6) is 1.43. The average Bonchev–Trinajstić information content (AvgIpc) is 3.23. The third-order valence-electron chi connectivity index (χ3n) is 5.37. The van der Waals surface area contributed by atoms with Gasteiger partial charge in [0.1, 0.15) is 0 Å². The van der Waals surface area contributed by atoms with Crippen molar-refractivity contribution < 1.29 is 9.90 Å². The summed E-state index contributed by atoms with van der Waals surface area (Å²) in [6, 6.07) is 0.0862. The van der Waals surface area contributed by atoms with E-state index in [-0.39, 0.29) is 24.6 Å². The topological polar surface area (TPSA) is 74.2 Å². The maximum atomic E-state index is 12.1. The van der Waals surface area contributed by atoms with Gasteiger partial charge >= 0.3 is 6.03 Å². The number of unbranched alkanes of at least 4 members (excludes halogenated alkanes) is 1. The summed E-state index contributed by atoms with van der Waals surface area (Å²) in [7, 11) is 0. The lowest BCUT2D eigenvalue weighted by Gasteiger charge is -2.30. The molecule has 2 amide bonds. The van der Waals surface area contributed by atoms with Gasteiger partial charge in [-0.3, -0.25) is 0 Å². The normalized spacial score (nSPS) is 29.0. The fourth-order valence-corrected chi connectivity index (χ4v) is 5.04. The number of amides is 2. The highest BCUT2D eigenvalue weighted by Gasteiger charge is 2.47. The highest BCUT2D eigenvalue weighted by molar-refractivity contribution is 7.09. The number of nitrogens with zero attached hydrogens (tertiary/aromatic N) is 1. The number of rotatable bonds is 7. The van der Waals surface area contributed by atoms with Crippen molar-refractivity contribution in [1.29, 1.82) is 0 Å². The molecule has 1 aromatic heterocycles. The van der Waals surface area contributed by atoms with Crippen LogP contribution in [0.4, 0.5) is 4.79 Å². The third-order valence-corrected chi connectivity index (χ3v) is 6.39. The minimum atomic E-state index is -0.0777. The molecule has 23 heavy (non-hydrogen) atoms. The molecule has 2 bridgehead atoms. The van der Waals surface area contributed by atoms with Gasteiger partial charge < -0.3 is 15.7 Å². The van der Waals surface area contributed by atoms with Crippen LogP contribution in [0, 0.1) is 24.7 Å². The molecule has 3 rings (SSSR count). The molecule has 2 fully saturated rings. The lowest BCUT2D eigenvalue weighted by Crippen LogP contribution is -2.49. The maximum Gasteiger partial charge on any atom is 0.315 e. The number of carbonyl (C=O) groups is 1. The highest BCUT2D eigenvalue weighted by Crippen LogP contribution is 2.48. The van der Waals surface area contributed by atoms with Gasteiger partial charge in [-0.05, 0) is 57.3 Å². The molecule has 0 radical (unpaired) electrons. The van der Waals surface area contributed by atoms with Gasteiger partial charge in [0.15, 0.2) is 0 Å². The standard InChI is InChI=1S/C17H27N3O2S/c1-11-10-23-15(19-11)4-2-3-7-18-17(22)20-16-13-6-5-12(8-13)14(16)9-21/h10,12-14,16,21H,2-9H2,1H3,(H2,18,20,22). The Morgan fingerprint density at radius 1 is 1.39 bits per heavy atom. The Morgan fingerprint density at radius 3 is 2.96 bits per heavy atom. The lowest BCUT2D eigenvalue weighted by atomic mass is 9.85. The summed E-state index contributed by atoms with van der Waals surface area (Å²) in [4.78, 5) is 16.5. The Balaban J connectivity index is 1.32. The Labute approximate surface area is 141 Å². The lowest BCUT2D eigenvalue weighted by molar-refractivity contribution is 0.144. The first-order chi connectivity index (χ1) is 11.2. The van der Waals surface area contributed by atoms with Crippen molar-refractivity contribution >= 4 is 17.4 Å². The van der Waals surface area contributed by atoms with E-state index in [1.807, 2.05) is 6.92 Å². The Bertz CT molecular complexity index is 534. The molecule has 4 unspecified atom stereocenters. The molecule has 128 valence electrons. The number of fused-ring (bicyclic) bond motifs is 2. The van der Waals surface area contributed by atoms with E-state index in [9.17, 15) is 9.90 Å². The number of nitrogens with one attached hydrogen (secondary N) is 2. The van der Waals surface area contributed by atoms with Crippen LogP contribution in [0.5, 0.6) is 0 Å². The van der Waals surface area contributed by atoms with Gasteiger partial charge in [-0.2, -0.15) is 0 Å². The number of aliphatic hydroxyl groups excluding tert-OH is 1. The Morgan fingerprint density at radius 2 is 2.22 bits per heavy atom. The maximum absolute atomic E-state index is 12.1. The molecule has 1 aromatic rings. The fourth-order valence-electron chi connectivity index (χ4n) is 4.22. The first kappa shape index (κ1) is 16.7. The monoisotopic (exact) mass is 337 g/mol. The van der Waals surface area contributed by atoms with Gasteiger partial charge in [0.2, 0.25) is 0 Å². The number of aliphatic hydroxyl groups is 1. The second kappa shape index (κ2) is 7.62. The Hall–Kier alpha value is -1.14. The van der Waals surface area contributed by atoms with E-state index in [1.165, 1.54) is 24.3 Å². The van der Waals surface area contributed by atoms with E-state index in [1.54, 1.807) is 11.3 Å². The number of aromatic nitrogens is 1. The van der Waals surface area contributed by atoms with Crippen molar-refractivity contribution in [2.45, 2.75) is 51.5 Å². The summed E-state index contributed by atoms with van der Waals surface area (Å²) in [5.41, 5.74) is 1.09. The van der Waals surface area contributed by atoms with E-state index in [4.69, 9.17) is 0 Å². The van der Waals surface area contributed by atoms with Crippen molar-refractivity contribution in [1.82, 2.24) is 15.6 Å². The number of aryl methyl sites for hydroxylation is 2. The van der Waals surface area contributed by atoms with E-state index in [0.717, 1.165) is 25.0 Å². The van der Waals surface area contributed by atoms with E-state index < -0.39 is 0 Å². The highest BCUT2D eigenvalue weighted by atomic mass is 32.1. The second-order valence-corrected chi connectivity index (χ2v) is 7.89. The number of hydrogen-bond acceptors (Lipinski definition) is 4. The smallest absolute Gasteiger partial charge is 0.315 e. The van der Waals surface area contributed by atoms with Crippen LogP contribution in [-0.4, -0.2) is 35.3 Å². The van der Waals surface area contributed by atoms with Crippen LogP contribution in [0.3, 0.4) is 0 Å². The summed E-state index contributed by atoms with van der Waals surface area (Å²) >= 11 is 1.71. The van der Waals surface area contributed by atoms with Crippen LogP contribution in [0.2, 0.25) is 0 Å². The van der Waals surface area contributed by atoms with Crippen molar-refractivity contribution in [2.24, 2.45) is 17.8 Å². The fraction of sp³-hybridized carbons (Fsp3) is 0.765. The molecule has 0 spiro atoms. The quantitative estimate of drug-likeness (QED) is 0.669. The predicted molar refractivity (Wildman–Crippen MR) is 91.5 cm³/mol. The summed E-state index contributed by atoms with van der Waals surface area (Å²) in [6.07, 6.45) is 6.57. The van der Waals surface area contributed by atoms with Gasteiger partial charge in [0.25, 0.3) is 0 Å². The largest absolute Gasteiger partial charge is 0.396 e. The number of hydrogen-bond donors (Lipinski definition) is 3. The zero-order valence-electron chi connectivity index (χ0n) is 13.8. The number of carbonyl (C=O) groups excluding carboxylic acids is 1. The summed E-state index contributed by atoms with van der Waals surface area (Å²) < 4.78 is 0. The minimum Gasteiger partial charge on any atom is -0.396 e. The summed E-state index contributed by atoms with van der Waals surface area (Å²) in [5, 5.41) is 18.9. The van der Waals surface area contributed by atoms with Gasteiger partial charge in [0.05, 0.1) is 5.01 Å². The molecule has 3 N–H and O–H groups in total. The Kier molecular flexibility index (Phi) is 5.54. The molecule has 2 aliphatic rings. The summed E-state index contributed by atoms with van der Waals surface area (Å²) in [6.45, 7) is 2.90. The molecular weight excluding hydrogens is 310 g/mol. The van der Waals surface area contributed by atoms with Gasteiger partial charge in [-0.25, -0.2) is 9.78 Å². The minimum absolute atomic E-state index is 0.0777. The van der Waals surface area contributed by atoms with E-state index >= 15 is 0 Å². The zero-order chi connectivity index (χ0) is 16.2. The molecular formula is C17H27N3O2S. The van der Waals surface area contributed by atoms with Gasteiger partial charge in [-0.15, -0.1) is 11.3 Å². The van der Waals surface area contributed by atoms with Crippen LogP contribution >= 0.6 is 11.3 Å². The first-order valence-corrected chi connectivity index (χ1v) is 9.61. The number of thiazole rings is 1. The van der Waals surface area contributed by atoms with Crippen molar-refractivity contribution in [3.05, 3.63) is 16.1 Å². The molecule has 4 atom stereocenters. The van der Waals surface area contributed by atoms with Crippen molar-refractivity contribution in [3.8, 4) is 0 Å². The van der Waals surface area contributed by atoms with Crippen LogP contribution in [0.25, 0.3) is 0 Å². The molecule has 0 aliphatic heterocycles. The molecule has 2 aliphatic carbocycles. The molecule has 0 saturated heterocycles. The van der Waals surface area contributed by atoms with E-state index in [0.29, 0.717) is 18.4 Å². The SMILES string of the molecule is Cc1csc(CCCCNC(=O)NC2C3CCC(C3)C2CO)n1. The van der Waals surface area contributed by atoms with Crippen LogP contribution < -0.4 is 10.6 Å². The first-order valence-electron chi connectivity index (χ1n) is 8.73. The van der Waals surface area contributed by atoms with Gasteiger partial charge in [0, 0.05) is 36.2 Å².